The SMILES string of the molecule is CN=C(NCc1cccc(C(=O)NC)c1)NCC1CC1. The molecule has 1 amide bonds. The number of carbonyl (C=O) groups is 1. The van der Waals surface area contributed by atoms with Gasteiger partial charge in [0.15, 0.2) is 5.96 Å². The molecule has 0 saturated heterocycles. The molecule has 0 atom stereocenters. The van der Waals surface area contributed by atoms with Crippen LogP contribution in [0.25, 0.3) is 0 Å². The Bertz CT molecular complexity index is 494. The number of benzene rings is 1. The van der Waals surface area contributed by atoms with Crippen LogP contribution in [0.1, 0.15) is 28.8 Å². The molecule has 20 heavy (non-hydrogen) atoms. The highest BCUT2D eigenvalue weighted by Crippen LogP contribution is 2.27. The predicted octanol–water partition coefficient (Wildman–Crippen LogP) is 1.12. The topological polar surface area (TPSA) is 65.5 Å². The molecule has 0 aromatic heterocycles. The van der Waals surface area contributed by atoms with Crippen molar-refractivity contribution in [1.82, 2.24) is 16.0 Å². The van der Waals surface area contributed by atoms with Crippen molar-refractivity contribution in [3.63, 3.8) is 0 Å². The van der Waals surface area contributed by atoms with Crippen molar-refractivity contribution < 1.29 is 4.79 Å². The lowest BCUT2D eigenvalue weighted by molar-refractivity contribution is 0.0963. The zero-order chi connectivity index (χ0) is 14.4. The van der Waals surface area contributed by atoms with Gasteiger partial charge >= 0.3 is 0 Å². The summed E-state index contributed by atoms with van der Waals surface area (Å²) in [5, 5.41) is 9.20. The summed E-state index contributed by atoms with van der Waals surface area (Å²) >= 11 is 0. The van der Waals surface area contributed by atoms with Crippen molar-refractivity contribution in [2.45, 2.75) is 19.4 Å². The number of rotatable bonds is 5. The second-order valence-corrected chi connectivity index (χ2v) is 5.03. The maximum atomic E-state index is 11.6. The summed E-state index contributed by atoms with van der Waals surface area (Å²) in [6, 6.07) is 7.58. The summed E-state index contributed by atoms with van der Waals surface area (Å²) in [5.41, 5.74) is 1.73. The van der Waals surface area contributed by atoms with Crippen LogP contribution in [0.5, 0.6) is 0 Å². The van der Waals surface area contributed by atoms with Gasteiger partial charge in [-0.2, -0.15) is 0 Å². The Morgan fingerprint density at radius 1 is 1.35 bits per heavy atom. The third-order valence-electron chi connectivity index (χ3n) is 3.35. The lowest BCUT2D eigenvalue weighted by atomic mass is 10.1. The molecule has 1 aromatic carbocycles. The first-order valence-corrected chi connectivity index (χ1v) is 6.98. The Hall–Kier alpha value is -2.04. The number of guanidine groups is 1. The van der Waals surface area contributed by atoms with Crippen LogP contribution in [0, 0.1) is 5.92 Å². The van der Waals surface area contributed by atoms with Crippen LogP contribution in [0.2, 0.25) is 0 Å². The minimum Gasteiger partial charge on any atom is -0.356 e. The lowest BCUT2D eigenvalue weighted by Gasteiger charge is -2.12. The van der Waals surface area contributed by atoms with Gasteiger partial charge in [-0.3, -0.25) is 9.79 Å². The molecule has 0 aliphatic heterocycles. The molecule has 1 aliphatic carbocycles. The molecule has 1 saturated carbocycles. The zero-order valence-electron chi connectivity index (χ0n) is 12.1. The molecule has 2 rings (SSSR count). The summed E-state index contributed by atoms with van der Waals surface area (Å²) < 4.78 is 0. The minimum absolute atomic E-state index is 0.0666. The summed E-state index contributed by atoms with van der Waals surface area (Å²) in [7, 11) is 3.40. The maximum Gasteiger partial charge on any atom is 0.251 e. The van der Waals surface area contributed by atoms with Crippen LogP contribution in [-0.2, 0) is 6.54 Å². The highest BCUT2D eigenvalue weighted by atomic mass is 16.1. The first-order chi connectivity index (χ1) is 9.72. The monoisotopic (exact) mass is 274 g/mol. The van der Waals surface area contributed by atoms with E-state index in [-0.39, 0.29) is 5.91 Å². The van der Waals surface area contributed by atoms with E-state index in [1.807, 2.05) is 24.3 Å². The smallest absolute Gasteiger partial charge is 0.251 e. The van der Waals surface area contributed by atoms with E-state index in [9.17, 15) is 4.79 Å². The second-order valence-electron chi connectivity index (χ2n) is 5.03. The van der Waals surface area contributed by atoms with Gasteiger partial charge in [0.1, 0.15) is 0 Å². The van der Waals surface area contributed by atoms with Crippen LogP contribution in [0.4, 0.5) is 0 Å². The van der Waals surface area contributed by atoms with Gasteiger partial charge in [0.25, 0.3) is 5.91 Å². The Morgan fingerprint density at radius 3 is 2.80 bits per heavy atom. The quantitative estimate of drug-likeness (QED) is 0.557. The maximum absolute atomic E-state index is 11.6. The Kier molecular flexibility index (Phi) is 4.98. The number of carbonyl (C=O) groups excluding carboxylic acids is 1. The molecule has 3 N–H and O–H groups in total. The number of nitrogens with zero attached hydrogens (tertiary/aromatic N) is 1. The molecular formula is C15H22N4O. The standard InChI is InChI=1S/C15H22N4O/c1-16-14(20)13-5-3-4-12(8-13)10-19-15(17-2)18-9-11-6-7-11/h3-5,8,11H,6-7,9-10H2,1-2H3,(H,16,20)(H2,17,18,19). The van der Waals surface area contributed by atoms with E-state index in [2.05, 4.69) is 20.9 Å². The zero-order valence-corrected chi connectivity index (χ0v) is 12.1. The van der Waals surface area contributed by atoms with E-state index in [1.165, 1.54) is 12.8 Å². The predicted molar refractivity (Wildman–Crippen MR) is 80.8 cm³/mol. The molecule has 0 heterocycles. The van der Waals surface area contributed by atoms with Crippen molar-refractivity contribution in [1.29, 1.82) is 0 Å². The van der Waals surface area contributed by atoms with Crippen LogP contribution < -0.4 is 16.0 Å². The highest BCUT2D eigenvalue weighted by Gasteiger charge is 2.20. The second kappa shape index (κ2) is 6.93. The van der Waals surface area contributed by atoms with E-state index >= 15 is 0 Å². The number of aliphatic imine (C=N–C) groups is 1. The van der Waals surface area contributed by atoms with Gasteiger partial charge in [-0.15, -0.1) is 0 Å². The number of amides is 1. The van der Waals surface area contributed by atoms with Gasteiger partial charge in [0, 0.05) is 32.7 Å². The number of hydrogen-bond acceptors (Lipinski definition) is 2. The van der Waals surface area contributed by atoms with Crippen LogP contribution in [0.15, 0.2) is 29.3 Å². The van der Waals surface area contributed by atoms with E-state index in [4.69, 9.17) is 0 Å². The molecule has 5 nitrogen and oxygen atoms in total. The van der Waals surface area contributed by atoms with Gasteiger partial charge in [0.2, 0.25) is 0 Å². The van der Waals surface area contributed by atoms with Crippen molar-refractivity contribution >= 4 is 11.9 Å². The Morgan fingerprint density at radius 2 is 2.15 bits per heavy atom. The average molecular weight is 274 g/mol. The first-order valence-electron chi connectivity index (χ1n) is 6.98. The summed E-state index contributed by atoms with van der Waals surface area (Å²) in [4.78, 5) is 15.8. The third-order valence-corrected chi connectivity index (χ3v) is 3.35. The Labute approximate surface area is 119 Å². The van der Waals surface area contributed by atoms with E-state index in [1.54, 1.807) is 14.1 Å². The molecule has 5 heteroatoms. The summed E-state index contributed by atoms with van der Waals surface area (Å²) in [6.45, 7) is 1.63. The van der Waals surface area contributed by atoms with Gasteiger partial charge in [-0.05, 0) is 36.5 Å². The van der Waals surface area contributed by atoms with Gasteiger partial charge < -0.3 is 16.0 Å². The fourth-order valence-electron chi connectivity index (χ4n) is 1.94. The molecule has 108 valence electrons. The minimum atomic E-state index is -0.0666. The lowest BCUT2D eigenvalue weighted by Crippen LogP contribution is -2.37. The van der Waals surface area contributed by atoms with Crippen molar-refractivity contribution in [2.24, 2.45) is 10.9 Å². The van der Waals surface area contributed by atoms with Gasteiger partial charge in [-0.25, -0.2) is 0 Å². The van der Waals surface area contributed by atoms with Crippen LogP contribution in [0.3, 0.4) is 0 Å². The largest absolute Gasteiger partial charge is 0.356 e. The van der Waals surface area contributed by atoms with Crippen LogP contribution in [-0.4, -0.2) is 32.5 Å². The highest BCUT2D eigenvalue weighted by molar-refractivity contribution is 5.94. The molecule has 0 spiro atoms. The molecule has 0 bridgehead atoms. The summed E-state index contributed by atoms with van der Waals surface area (Å²) in [6.07, 6.45) is 2.64. The van der Waals surface area contributed by atoms with E-state index < -0.39 is 0 Å². The third kappa shape index (κ3) is 4.26. The van der Waals surface area contributed by atoms with E-state index in [0.29, 0.717) is 12.1 Å². The van der Waals surface area contributed by atoms with Crippen LogP contribution >= 0.6 is 0 Å². The molecule has 1 aromatic rings. The Balaban J connectivity index is 1.86. The van der Waals surface area contributed by atoms with Crippen molar-refractivity contribution in [3.05, 3.63) is 35.4 Å². The fourth-order valence-corrected chi connectivity index (χ4v) is 1.94. The van der Waals surface area contributed by atoms with Gasteiger partial charge in [-0.1, -0.05) is 12.1 Å². The number of nitrogens with one attached hydrogen (secondary N) is 3. The van der Waals surface area contributed by atoms with Gasteiger partial charge in [0.05, 0.1) is 0 Å². The van der Waals surface area contributed by atoms with E-state index in [0.717, 1.165) is 24.0 Å². The molecule has 1 fully saturated rings. The van der Waals surface area contributed by atoms with Crippen molar-refractivity contribution in [2.75, 3.05) is 20.6 Å². The molecule has 1 aliphatic rings. The molecular weight excluding hydrogens is 252 g/mol. The number of hydrogen-bond donors (Lipinski definition) is 3. The van der Waals surface area contributed by atoms with Crippen molar-refractivity contribution in [3.8, 4) is 0 Å². The normalized spacial score (nSPS) is 14.8. The molecule has 0 unspecified atom stereocenters. The molecule has 0 radical (unpaired) electrons. The summed E-state index contributed by atoms with van der Waals surface area (Å²) in [5.74, 6) is 1.55. The average Bonchev–Trinajstić information content (AvgIpc) is 3.31. The first kappa shape index (κ1) is 14.4. The fraction of sp³-hybridized carbons (Fsp3) is 0.467.